The van der Waals surface area contributed by atoms with Crippen LogP contribution in [0.5, 0.6) is 11.6 Å². The maximum Gasteiger partial charge on any atom is 0.277 e. The quantitative estimate of drug-likeness (QED) is 0.437. The van der Waals surface area contributed by atoms with Gasteiger partial charge in [0.2, 0.25) is 5.88 Å². The summed E-state index contributed by atoms with van der Waals surface area (Å²) >= 11 is 5.75. The van der Waals surface area contributed by atoms with Gasteiger partial charge in [0.25, 0.3) is 5.69 Å². The highest BCUT2D eigenvalue weighted by Gasteiger charge is 2.11. The van der Waals surface area contributed by atoms with Crippen LogP contribution in [0.15, 0.2) is 36.4 Å². The Balaban J connectivity index is 2.12. The number of aromatic nitrogens is 1. The van der Waals surface area contributed by atoms with Gasteiger partial charge in [-0.25, -0.2) is 4.98 Å². The Bertz CT molecular complexity index is 629. The number of hydrogen-bond acceptors (Lipinski definition) is 4. The van der Waals surface area contributed by atoms with Crippen molar-refractivity contribution in [2.75, 3.05) is 0 Å². The lowest BCUT2D eigenvalue weighted by atomic mass is 10.1. The molecule has 0 aliphatic heterocycles. The summed E-state index contributed by atoms with van der Waals surface area (Å²) in [5.74, 6) is 0.676. The topological polar surface area (TPSA) is 65.3 Å². The molecule has 5 nitrogen and oxygen atoms in total. The molecule has 0 unspecified atom stereocenters. The number of nitro groups is 1. The summed E-state index contributed by atoms with van der Waals surface area (Å²) in [6, 6.07) is 10.0. The van der Waals surface area contributed by atoms with Crippen LogP contribution in [-0.2, 0) is 6.42 Å². The van der Waals surface area contributed by atoms with E-state index in [0.717, 1.165) is 19.3 Å². The van der Waals surface area contributed by atoms with Crippen LogP contribution in [0.25, 0.3) is 0 Å². The molecule has 0 saturated heterocycles. The van der Waals surface area contributed by atoms with Crippen molar-refractivity contribution in [3.8, 4) is 11.6 Å². The van der Waals surface area contributed by atoms with E-state index in [0.29, 0.717) is 5.75 Å². The minimum Gasteiger partial charge on any atom is -0.439 e. The molecule has 110 valence electrons. The number of pyridine rings is 1. The normalized spacial score (nSPS) is 10.4. The van der Waals surface area contributed by atoms with Crippen molar-refractivity contribution < 1.29 is 9.66 Å². The molecule has 1 aromatic carbocycles. The molecule has 21 heavy (non-hydrogen) atoms. The van der Waals surface area contributed by atoms with Crippen LogP contribution in [0.1, 0.15) is 25.3 Å². The van der Waals surface area contributed by atoms with Crippen LogP contribution in [-0.4, -0.2) is 9.91 Å². The van der Waals surface area contributed by atoms with Crippen LogP contribution in [0, 0.1) is 10.1 Å². The first-order valence-electron chi connectivity index (χ1n) is 6.67. The third-order valence-corrected chi connectivity index (χ3v) is 3.12. The van der Waals surface area contributed by atoms with E-state index in [4.69, 9.17) is 16.3 Å². The molecule has 0 bridgehead atoms. The van der Waals surface area contributed by atoms with Gasteiger partial charge < -0.3 is 4.74 Å². The van der Waals surface area contributed by atoms with Gasteiger partial charge in [-0.1, -0.05) is 37.1 Å². The van der Waals surface area contributed by atoms with Crippen molar-refractivity contribution in [2.45, 2.75) is 26.2 Å². The minimum absolute atomic E-state index is 0.0266. The first kappa shape index (κ1) is 15.3. The second kappa shape index (κ2) is 7.04. The molecule has 0 saturated carbocycles. The molecule has 0 aliphatic carbocycles. The monoisotopic (exact) mass is 306 g/mol. The molecule has 0 fully saturated rings. The summed E-state index contributed by atoms with van der Waals surface area (Å²) in [5, 5.41) is 10.8. The van der Waals surface area contributed by atoms with Gasteiger partial charge in [-0.15, -0.1) is 0 Å². The lowest BCUT2D eigenvalue weighted by Gasteiger charge is -2.06. The van der Waals surface area contributed by atoms with E-state index in [1.807, 2.05) is 24.3 Å². The summed E-state index contributed by atoms with van der Waals surface area (Å²) in [7, 11) is 0. The third-order valence-electron chi connectivity index (χ3n) is 2.93. The molecule has 0 spiro atoms. The fourth-order valence-electron chi connectivity index (χ4n) is 1.84. The second-order valence-electron chi connectivity index (χ2n) is 4.59. The van der Waals surface area contributed by atoms with Crippen molar-refractivity contribution in [1.82, 2.24) is 4.98 Å². The zero-order valence-corrected chi connectivity index (χ0v) is 12.3. The number of halogens is 1. The Labute approximate surface area is 127 Å². The van der Waals surface area contributed by atoms with Gasteiger partial charge >= 0.3 is 0 Å². The van der Waals surface area contributed by atoms with E-state index in [-0.39, 0.29) is 16.7 Å². The lowest BCUT2D eigenvalue weighted by Crippen LogP contribution is -1.93. The molecule has 2 aromatic rings. The molecule has 6 heteroatoms. The highest BCUT2D eigenvalue weighted by Crippen LogP contribution is 2.26. The number of rotatable bonds is 6. The molecule has 0 N–H and O–H groups in total. The van der Waals surface area contributed by atoms with Crippen LogP contribution >= 0.6 is 11.6 Å². The Morgan fingerprint density at radius 2 is 2.00 bits per heavy atom. The maximum atomic E-state index is 10.8. The van der Waals surface area contributed by atoms with Crippen LogP contribution < -0.4 is 4.74 Å². The number of benzene rings is 1. The molecule has 2 rings (SSSR count). The molecule has 0 radical (unpaired) electrons. The fourth-order valence-corrected chi connectivity index (χ4v) is 2.04. The van der Waals surface area contributed by atoms with Gasteiger partial charge in [-0.3, -0.25) is 10.1 Å². The number of hydrogen-bond donors (Lipinski definition) is 0. The van der Waals surface area contributed by atoms with E-state index in [2.05, 4.69) is 11.9 Å². The van der Waals surface area contributed by atoms with Crippen molar-refractivity contribution in [2.24, 2.45) is 0 Å². The number of ether oxygens (including phenoxy) is 1. The van der Waals surface area contributed by atoms with Gasteiger partial charge in [0.15, 0.2) is 0 Å². The highest BCUT2D eigenvalue weighted by molar-refractivity contribution is 6.29. The predicted molar refractivity (Wildman–Crippen MR) is 81.0 cm³/mol. The van der Waals surface area contributed by atoms with E-state index in [9.17, 15) is 10.1 Å². The smallest absolute Gasteiger partial charge is 0.277 e. The van der Waals surface area contributed by atoms with Gasteiger partial charge in [-0.05, 0) is 30.5 Å². The van der Waals surface area contributed by atoms with Crippen molar-refractivity contribution in [3.05, 3.63) is 57.2 Å². The first-order chi connectivity index (χ1) is 10.1. The predicted octanol–water partition coefficient (Wildman–Crippen LogP) is 4.78. The number of unbranched alkanes of at least 4 members (excludes halogenated alkanes) is 1. The van der Waals surface area contributed by atoms with E-state index in [1.54, 1.807) is 0 Å². The average Bonchev–Trinajstić information content (AvgIpc) is 2.46. The molecule has 1 heterocycles. The highest BCUT2D eigenvalue weighted by atomic mass is 35.5. The van der Waals surface area contributed by atoms with Gasteiger partial charge in [-0.2, -0.15) is 0 Å². The molecule has 0 amide bonds. The maximum absolute atomic E-state index is 10.8. The molecule has 0 atom stereocenters. The summed E-state index contributed by atoms with van der Waals surface area (Å²) in [6.45, 7) is 2.15. The van der Waals surface area contributed by atoms with Gasteiger partial charge in [0, 0.05) is 0 Å². The van der Waals surface area contributed by atoms with Gasteiger partial charge in [0.05, 0.1) is 17.1 Å². The van der Waals surface area contributed by atoms with Crippen LogP contribution in [0.3, 0.4) is 0 Å². The number of nitrogens with zero attached hydrogens (tertiary/aromatic N) is 2. The minimum atomic E-state index is -0.533. The second-order valence-corrected chi connectivity index (χ2v) is 4.98. The SMILES string of the molecule is CCCCc1ccc(Oc2cc([N+](=O)[O-])cc(Cl)n2)cc1. The van der Waals surface area contributed by atoms with E-state index in [1.165, 1.54) is 17.7 Å². The first-order valence-corrected chi connectivity index (χ1v) is 7.05. The summed E-state index contributed by atoms with van der Waals surface area (Å²) in [4.78, 5) is 14.2. The van der Waals surface area contributed by atoms with Crippen LogP contribution in [0.2, 0.25) is 5.15 Å². The Hall–Kier alpha value is -2.14. The van der Waals surface area contributed by atoms with E-state index < -0.39 is 4.92 Å². The lowest BCUT2D eigenvalue weighted by molar-refractivity contribution is -0.385. The standard InChI is InChI=1S/C15H15ClN2O3/c1-2-3-4-11-5-7-13(8-6-11)21-15-10-12(18(19)20)9-14(16)17-15/h5-10H,2-4H2,1H3. The van der Waals surface area contributed by atoms with Crippen molar-refractivity contribution >= 4 is 17.3 Å². The Morgan fingerprint density at radius 1 is 1.29 bits per heavy atom. The molecular weight excluding hydrogens is 292 g/mol. The third kappa shape index (κ3) is 4.43. The van der Waals surface area contributed by atoms with Gasteiger partial charge in [0.1, 0.15) is 10.9 Å². The zero-order valence-electron chi connectivity index (χ0n) is 11.6. The van der Waals surface area contributed by atoms with Crippen molar-refractivity contribution in [1.29, 1.82) is 0 Å². The molecular formula is C15H15ClN2O3. The molecule has 1 aromatic heterocycles. The van der Waals surface area contributed by atoms with E-state index >= 15 is 0 Å². The molecule has 0 aliphatic rings. The number of aryl methyl sites for hydroxylation is 1. The fraction of sp³-hybridized carbons (Fsp3) is 0.267. The average molecular weight is 307 g/mol. The van der Waals surface area contributed by atoms with Crippen molar-refractivity contribution in [3.63, 3.8) is 0 Å². The van der Waals surface area contributed by atoms with Crippen LogP contribution in [0.4, 0.5) is 5.69 Å². The largest absolute Gasteiger partial charge is 0.439 e. The summed E-state index contributed by atoms with van der Waals surface area (Å²) in [6.07, 6.45) is 3.31. The Kier molecular flexibility index (Phi) is 5.11. The summed E-state index contributed by atoms with van der Waals surface area (Å²) in [5.41, 5.74) is 1.08. The Morgan fingerprint density at radius 3 is 2.62 bits per heavy atom. The zero-order chi connectivity index (χ0) is 15.2. The summed E-state index contributed by atoms with van der Waals surface area (Å²) < 4.78 is 5.51.